The van der Waals surface area contributed by atoms with Gasteiger partial charge in [0.15, 0.2) is 0 Å². The van der Waals surface area contributed by atoms with E-state index >= 15 is 0 Å². The number of carbonyl (C=O) groups is 2. The lowest BCUT2D eigenvalue weighted by Gasteiger charge is -2.20. The zero-order valence-corrected chi connectivity index (χ0v) is 17.6. The maximum atomic E-state index is 14.0. The number of amides is 2. The first-order valence-electron chi connectivity index (χ1n) is 9.05. The van der Waals surface area contributed by atoms with E-state index in [9.17, 15) is 14.0 Å². The summed E-state index contributed by atoms with van der Waals surface area (Å²) < 4.78 is 14.0. The summed E-state index contributed by atoms with van der Waals surface area (Å²) in [7, 11) is 0. The van der Waals surface area contributed by atoms with Crippen LogP contribution in [0.3, 0.4) is 0 Å². The Bertz CT molecular complexity index is 992. The smallest absolute Gasteiger partial charge is 0.252 e. The summed E-state index contributed by atoms with van der Waals surface area (Å²) in [5.41, 5.74) is 1.51. The predicted molar refractivity (Wildman–Crippen MR) is 114 cm³/mol. The number of hydrogen-bond acceptors (Lipinski definition) is 2. The van der Waals surface area contributed by atoms with E-state index in [1.54, 1.807) is 18.2 Å². The molecule has 2 amide bonds. The maximum absolute atomic E-state index is 14.0. The highest BCUT2D eigenvalue weighted by molar-refractivity contribution is 6.35. The summed E-state index contributed by atoms with van der Waals surface area (Å²) >= 11 is 17.8. The van der Waals surface area contributed by atoms with E-state index < -0.39 is 11.7 Å². The molecule has 0 spiro atoms. The van der Waals surface area contributed by atoms with Crippen molar-refractivity contribution >= 4 is 52.3 Å². The zero-order chi connectivity index (χ0) is 21.0. The van der Waals surface area contributed by atoms with E-state index in [4.69, 9.17) is 34.8 Å². The average molecular weight is 456 g/mol. The van der Waals surface area contributed by atoms with Crippen LogP contribution in [0.2, 0.25) is 15.1 Å². The van der Waals surface area contributed by atoms with Gasteiger partial charge in [0, 0.05) is 32.8 Å². The van der Waals surface area contributed by atoms with Gasteiger partial charge in [0.25, 0.3) is 5.91 Å². The van der Waals surface area contributed by atoms with E-state index in [2.05, 4.69) is 10.6 Å². The predicted octanol–water partition coefficient (Wildman–Crippen LogP) is 5.91. The SMILES string of the molecule is O=C(NCc1ccc(Cl)cc1Cl)C1=C(C(=O)Nc2ccc(Cl)cc2F)CCCC1. The van der Waals surface area contributed by atoms with Crippen molar-refractivity contribution in [2.45, 2.75) is 32.2 Å². The van der Waals surface area contributed by atoms with Crippen molar-refractivity contribution in [3.05, 3.63) is 74.0 Å². The minimum absolute atomic E-state index is 0.0187. The maximum Gasteiger partial charge on any atom is 0.252 e. The average Bonchev–Trinajstić information content (AvgIpc) is 2.69. The summed E-state index contributed by atoms with van der Waals surface area (Å²) in [6, 6.07) is 9.02. The minimum atomic E-state index is -0.634. The lowest BCUT2D eigenvalue weighted by atomic mass is 9.90. The highest BCUT2D eigenvalue weighted by atomic mass is 35.5. The molecule has 1 aliphatic rings. The Morgan fingerprint density at radius 2 is 1.52 bits per heavy atom. The van der Waals surface area contributed by atoms with Gasteiger partial charge in [-0.25, -0.2) is 4.39 Å². The molecule has 0 aliphatic heterocycles. The first kappa shape index (κ1) is 21.6. The molecule has 8 heteroatoms. The molecule has 3 rings (SSSR count). The minimum Gasteiger partial charge on any atom is -0.348 e. The van der Waals surface area contributed by atoms with Crippen LogP contribution in [0.5, 0.6) is 0 Å². The van der Waals surface area contributed by atoms with Gasteiger partial charge in [0.2, 0.25) is 5.91 Å². The molecule has 2 aromatic rings. The second-order valence-electron chi connectivity index (χ2n) is 6.66. The van der Waals surface area contributed by atoms with E-state index in [1.807, 2.05) is 0 Å². The molecule has 152 valence electrons. The molecule has 0 atom stereocenters. The van der Waals surface area contributed by atoms with Crippen molar-refractivity contribution in [2.24, 2.45) is 0 Å². The molecule has 29 heavy (non-hydrogen) atoms. The van der Waals surface area contributed by atoms with Crippen LogP contribution >= 0.6 is 34.8 Å². The Kier molecular flexibility index (Phi) is 7.17. The normalized spacial score (nSPS) is 13.9. The Morgan fingerprint density at radius 3 is 2.17 bits per heavy atom. The third kappa shape index (κ3) is 5.50. The molecule has 1 aliphatic carbocycles. The lowest BCUT2D eigenvalue weighted by molar-refractivity contribution is -0.119. The van der Waals surface area contributed by atoms with Crippen LogP contribution in [0.1, 0.15) is 31.2 Å². The van der Waals surface area contributed by atoms with Crippen LogP contribution < -0.4 is 10.6 Å². The van der Waals surface area contributed by atoms with Crippen LogP contribution in [0.4, 0.5) is 10.1 Å². The van der Waals surface area contributed by atoms with Crippen molar-refractivity contribution in [2.75, 3.05) is 5.32 Å². The molecule has 0 bridgehead atoms. The molecule has 2 aromatic carbocycles. The van der Waals surface area contributed by atoms with Gasteiger partial charge in [-0.3, -0.25) is 9.59 Å². The van der Waals surface area contributed by atoms with Crippen LogP contribution in [0, 0.1) is 5.82 Å². The fraction of sp³-hybridized carbons (Fsp3) is 0.238. The summed E-state index contributed by atoms with van der Waals surface area (Å²) in [6.45, 7) is 0.207. The number of nitrogens with one attached hydrogen (secondary N) is 2. The third-order valence-corrected chi connectivity index (χ3v) is 5.47. The highest BCUT2D eigenvalue weighted by Gasteiger charge is 2.24. The third-order valence-electron chi connectivity index (χ3n) is 4.65. The van der Waals surface area contributed by atoms with Crippen molar-refractivity contribution in [3.63, 3.8) is 0 Å². The van der Waals surface area contributed by atoms with Crippen molar-refractivity contribution in [1.82, 2.24) is 5.32 Å². The summed E-state index contributed by atoms with van der Waals surface area (Å²) in [5.74, 6) is -1.45. The molecule has 0 fully saturated rings. The molecule has 2 N–H and O–H groups in total. The number of anilines is 1. The lowest BCUT2D eigenvalue weighted by Crippen LogP contribution is -2.29. The van der Waals surface area contributed by atoms with Crippen LogP contribution in [0.15, 0.2) is 47.5 Å². The largest absolute Gasteiger partial charge is 0.348 e. The van der Waals surface area contributed by atoms with Crippen molar-refractivity contribution < 1.29 is 14.0 Å². The number of benzene rings is 2. The van der Waals surface area contributed by atoms with Gasteiger partial charge in [-0.1, -0.05) is 40.9 Å². The molecule has 0 saturated carbocycles. The second-order valence-corrected chi connectivity index (χ2v) is 7.94. The second kappa shape index (κ2) is 9.61. The quantitative estimate of drug-likeness (QED) is 0.589. The number of hydrogen-bond donors (Lipinski definition) is 2. The van der Waals surface area contributed by atoms with Crippen LogP contribution in [-0.4, -0.2) is 11.8 Å². The first-order valence-corrected chi connectivity index (χ1v) is 10.2. The van der Waals surface area contributed by atoms with Gasteiger partial charge < -0.3 is 10.6 Å². The van der Waals surface area contributed by atoms with E-state index in [0.717, 1.165) is 24.5 Å². The standard InChI is InChI=1S/C21H18Cl3FN2O2/c22-13-6-5-12(17(24)9-13)11-26-20(28)15-3-1-2-4-16(15)21(29)27-19-8-7-14(23)10-18(19)25/h5-10H,1-4,11H2,(H,26,28)(H,27,29). The Balaban J connectivity index is 1.75. The number of carbonyl (C=O) groups excluding carboxylic acids is 2. The van der Waals surface area contributed by atoms with E-state index in [-0.39, 0.29) is 23.2 Å². The molecule has 0 radical (unpaired) electrons. The number of rotatable bonds is 5. The zero-order valence-electron chi connectivity index (χ0n) is 15.3. The highest BCUT2D eigenvalue weighted by Crippen LogP contribution is 2.28. The molecule has 0 heterocycles. The van der Waals surface area contributed by atoms with Crippen LogP contribution in [-0.2, 0) is 16.1 Å². The van der Waals surface area contributed by atoms with Crippen LogP contribution in [0.25, 0.3) is 0 Å². The van der Waals surface area contributed by atoms with Gasteiger partial charge in [0.1, 0.15) is 5.82 Å². The molecular formula is C21H18Cl3FN2O2. The van der Waals surface area contributed by atoms with Gasteiger partial charge in [-0.15, -0.1) is 0 Å². The fourth-order valence-corrected chi connectivity index (χ4v) is 3.78. The van der Waals surface area contributed by atoms with E-state index in [1.165, 1.54) is 12.1 Å². The Labute approximate surface area is 183 Å². The molecule has 0 unspecified atom stereocenters. The Hall–Kier alpha value is -2.08. The van der Waals surface area contributed by atoms with Gasteiger partial charge in [-0.05, 0) is 61.6 Å². The summed E-state index contributed by atoms with van der Waals surface area (Å²) in [6.07, 6.45) is 2.51. The summed E-state index contributed by atoms with van der Waals surface area (Å²) in [5, 5.41) is 6.53. The van der Waals surface area contributed by atoms with Gasteiger partial charge >= 0.3 is 0 Å². The topological polar surface area (TPSA) is 58.2 Å². The first-order chi connectivity index (χ1) is 13.8. The Morgan fingerprint density at radius 1 is 0.897 bits per heavy atom. The monoisotopic (exact) mass is 454 g/mol. The fourth-order valence-electron chi connectivity index (χ4n) is 3.14. The van der Waals surface area contributed by atoms with Crippen molar-refractivity contribution in [3.8, 4) is 0 Å². The summed E-state index contributed by atoms with van der Waals surface area (Å²) in [4.78, 5) is 25.4. The van der Waals surface area contributed by atoms with Gasteiger partial charge in [-0.2, -0.15) is 0 Å². The number of halogens is 4. The molecule has 0 saturated heterocycles. The van der Waals surface area contributed by atoms with Gasteiger partial charge in [0.05, 0.1) is 5.69 Å². The molecule has 4 nitrogen and oxygen atoms in total. The van der Waals surface area contributed by atoms with E-state index in [0.29, 0.717) is 34.0 Å². The molecule has 0 aromatic heterocycles. The molecular weight excluding hydrogens is 438 g/mol. The van der Waals surface area contributed by atoms with Crippen molar-refractivity contribution in [1.29, 1.82) is 0 Å².